The third-order valence-corrected chi connectivity index (χ3v) is 10.7. The van der Waals surface area contributed by atoms with Gasteiger partial charge in [-0.25, -0.2) is 0 Å². The molecule has 2 bridgehead atoms. The highest BCUT2D eigenvalue weighted by atomic mass is 16.5. The summed E-state index contributed by atoms with van der Waals surface area (Å²) in [5.41, 5.74) is 1.56. The van der Waals surface area contributed by atoms with Gasteiger partial charge in [-0.3, -0.25) is 14.4 Å². The third kappa shape index (κ3) is 5.62. The van der Waals surface area contributed by atoms with E-state index in [0.29, 0.717) is 36.4 Å². The van der Waals surface area contributed by atoms with Gasteiger partial charge in [-0.05, 0) is 81.5 Å². The lowest BCUT2D eigenvalue weighted by Gasteiger charge is -2.40. The summed E-state index contributed by atoms with van der Waals surface area (Å²) < 4.78 is 12.6. The van der Waals surface area contributed by atoms with E-state index in [0.717, 1.165) is 16.8 Å². The fraction of sp³-hybridized carbons (Fsp3) is 0.390. The Bertz CT molecular complexity index is 1760. The van der Waals surface area contributed by atoms with Crippen molar-refractivity contribution in [1.29, 1.82) is 0 Å². The molecule has 3 fully saturated rings. The van der Waals surface area contributed by atoms with Crippen molar-refractivity contribution in [1.82, 2.24) is 4.90 Å². The Balaban J connectivity index is 1.49. The van der Waals surface area contributed by atoms with E-state index >= 15 is 9.59 Å². The summed E-state index contributed by atoms with van der Waals surface area (Å²) in [7, 11) is 0. The number of aliphatic hydroxyl groups excluding tert-OH is 1. The van der Waals surface area contributed by atoms with E-state index in [-0.39, 0.29) is 30.8 Å². The first-order chi connectivity index (χ1) is 24.1. The van der Waals surface area contributed by atoms with Crippen molar-refractivity contribution in [2.45, 2.75) is 63.8 Å². The van der Waals surface area contributed by atoms with Gasteiger partial charge in [0.2, 0.25) is 11.8 Å². The van der Waals surface area contributed by atoms with Crippen LogP contribution in [0.2, 0.25) is 0 Å². The maximum Gasteiger partial charge on any atom is 0.253 e. The summed E-state index contributed by atoms with van der Waals surface area (Å²) >= 11 is 0. The van der Waals surface area contributed by atoms with Gasteiger partial charge in [0.05, 0.1) is 36.7 Å². The number of carbonyl (C=O) groups excluding carboxylic acids is 3. The molecule has 3 aliphatic heterocycles. The number of hydrogen-bond acceptors (Lipinski definition) is 6. The van der Waals surface area contributed by atoms with Gasteiger partial charge in [-0.1, -0.05) is 60.7 Å². The van der Waals surface area contributed by atoms with Crippen molar-refractivity contribution < 1.29 is 29.0 Å². The van der Waals surface area contributed by atoms with Crippen molar-refractivity contribution in [3.05, 3.63) is 115 Å². The minimum absolute atomic E-state index is 0.198. The lowest BCUT2D eigenvalue weighted by atomic mass is 9.66. The Labute approximate surface area is 294 Å². The molecule has 9 nitrogen and oxygen atoms in total. The summed E-state index contributed by atoms with van der Waals surface area (Å²) in [6.07, 6.45) is 4.22. The first kappa shape index (κ1) is 35.1. The van der Waals surface area contributed by atoms with Gasteiger partial charge >= 0.3 is 0 Å². The van der Waals surface area contributed by atoms with E-state index in [1.165, 1.54) is 4.90 Å². The van der Waals surface area contributed by atoms with Crippen LogP contribution in [0.25, 0.3) is 0 Å². The summed E-state index contributed by atoms with van der Waals surface area (Å²) in [6.45, 7) is 16.1. The number of fused-ring (bicyclic) bond motifs is 1. The zero-order valence-corrected chi connectivity index (χ0v) is 29.4. The lowest BCUT2D eigenvalue weighted by molar-refractivity contribution is -0.148. The predicted molar refractivity (Wildman–Crippen MR) is 194 cm³/mol. The smallest absolute Gasteiger partial charge is 0.253 e. The molecule has 3 heterocycles. The van der Waals surface area contributed by atoms with Crippen LogP contribution in [0.1, 0.15) is 49.4 Å². The molecular formula is C41H47N3O6. The van der Waals surface area contributed by atoms with Crippen LogP contribution in [0.5, 0.6) is 5.75 Å². The number of ether oxygens (including phenoxy) is 2. The van der Waals surface area contributed by atoms with Crippen molar-refractivity contribution in [2.75, 3.05) is 36.1 Å². The second-order valence-corrected chi connectivity index (χ2v) is 13.7. The van der Waals surface area contributed by atoms with Crippen molar-refractivity contribution in [3.8, 4) is 5.75 Å². The first-order valence-electron chi connectivity index (χ1n) is 17.4. The van der Waals surface area contributed by atoms with Crippen molar-refractivity contribution in [2.24, 2.45) is 11.8 Å². The van der Waals surface area contributed by atoms with Gasteiger partial charge in [0.15, 0.2) is 0 Å². The minimum atomic E-state index is -1.31. The van der Waals surface area contributed by atoms with Crippen LogP contribution in [0.3, 0.4) is 0 Å². The largest absolute Gasteiger partial charge is 0.494 e. The molecule has 2 unspecified atom stereocenters. The fourth-order valence-electron chi connectivity index (χ4n) is 8.69. The summed E-state index contributed by atoms with van der Waals surface area (Å²) in [4.78, 5) is 50.2. The Hall–Kier alpha value is -4.73. The molecule has 3 aromatic rings. The molecule has 1 spiro atoms. The van der Waals surface area contributed by atoms with Crippen LogP contribution in [0, 0.1) is 25.7 Å². The molecule has 3 amide bonds. The Morgan fingerprint density at radius 1 is 0.960 bits per heavy atom. The molecule has 1 N–H and O–H groups in total. The van der Waals surface area contributed by atoms with E-state index in [4.69, 9.17) is 9.47 Å². The Morgan fingerprint density at radius 3 is 2.20 bits per heavy atom. The Morgan fingerprint density at radius 2 is 1.60 bits per heavy atom. The number of likely N-dealkylation sites (tertiary alicyclic amines) is 1. The molecular weight excluding hydrogens is 630 g/mol. The van der Waals surface area contributed by atoms with Gasteiger partial charge in [0.1, 0.15) is 17.4 Å². The SMILES string of the molecule is C=CCN(C(=O)[C@@H]1[C@H]2C(=O)N([C@H](CO)c3ccccc3)C(C(=O)N(CC=C)c3c(C)cccc3C)C23CC[C@@]1(C)O3)c1ccc(OCC)cc1. The number of benzene rings is 3. The Kier molecular flexibility index (Phi) is 9.75. The molecule has 9 heteroatoms. The average Bonchev–Trinajstić information content (AvgIpc) is 3.68. The molecule has 0 radical (unpaired) electrons. The van der Waals surface area contributed by atoms with Crippen LogP contribution in [0.15, 0.2) is 98.1 Å². The molecule has 0 aromatic heterocycles. The zero-order valence-electron chi connectivity index (χ0n) is 29.4. The summed E-state index contributed by atoms with van der Waals surface area (Å²) in [5, 5.41) is 11.0. The molecule has 3 aromatic carbocycles. The summed E-state index contributed by atoms with van der Waals surface area (Å²) in [5.74, 6) is -2.15. The number of anilines is 2. The molecule has 0 aliphatic carbocycles. The minimum Gasteiger partial charge on any atom is -0.494 e. The number of para-hydroxylation sites is 1. The van der Waals surface area contributed by atoms with E-state index in [9.17, 15) is 9.90 Å². The van der Waals surface area contributed by atoms with E-state index < -0.39 is 41.7 Å². The van der Waals surface area contributed by atoms with E-state index in [2.05, 4.69) is 13.2 Å². The lowest BCUT2D eigenvalue weighted by Crippen LogP contribution is -2.57. The normalized spacial score (nSPS) is 25.6. The fourth-order valence-corrected chi connectivity index (χ4v) is 8.69. The van der Waals surface area contributed by atoms with E-state index in [1.54, 1.807) is 22.0 Å². The van der Waals surface area contributed by atoms with Gasteiger partial charge in [-0.2, -0.15) is 0 Å². The van der Waals surface area contributed by atoms with Crippen LogP contribution >= 0.6 is 0 Å². The average molecular weight is 678 g/mol. The molecule has 6 atom stereocenters. The van der Waals surface area contributed by atoms with E-state index in [1.807, 2.05) is 100 Å². The molecule has 6 rings (SSSR count). The monoisotopic (exact) mass is 677 g/mol. The topological polar surface area (TPSA) is 99.6 Å². The highest BCUT2D eigenvalue weighted by Gasteiger charge is 2.79. The highest BCUT2D eigenvalue weighted by Crippen LogP contribution is 2.64. The second-order valence-electron chi connectivity index (χ2n) is 13.7. The summed E-state index contributed by atoms with van der Waals surface area (Å²) in [6, 6.07) is 20.4. The number of aliphatic hydroxyl groups is 1. The molecule has 0 saturated carbocycles. The van der Waals surface area contributed by atoms with Crippen LogP contribution in [-0.2, 0) is 19.1 Å². The molecule has 3 saturated heterocycles. The number of carbonyl (C=O) groups is 3. The molecule has 50 heavy (non-hydrogen) atoms. The van der Waals surface area contributed by atoms with Gasteiger partial charge in [0, 0.05) is 24.5 Å². The number of rotatable bonds is 13. The highest BCUT2D eigenvalue weighted by molar-refractivity contribution is 6.07. The van der Waals surface area contributed by atoms with Crippen LogP contribution in [-0.4, -0.2) is 71.3 Å². The maximum atomic E-state index is 15.3. The number of hydrogen-bond donors (Lipinski definition) is 1. The van der Waals surface area contributed by atoms with Crippen molar-refractivity contribution in [3.63, 3.8) is 0 Å². The maximum absolute atomic E-state index is 15.3. The number of aryl methyl sites for hydroxylation is 2. The predicted octanol–water partition coefficient (Wildman–Crippen LogP) is 5.94. The zero-order chi connectivity index (χ0) is 35.8. The van der Waals surface area contributed by atoms with Gasteiger partial charge in [0.25, 0.3) is 5.91 Å². The number of nitrogens with zero attached hydrogens (tertiary/aromatic N) is 3. The van der Waals surface area contributed by atoms with Crippen LogP contribution in [0.4, 0.5) is 11.4 Å². The quantitative estimate of drug-likeness (QED) is 0.225. The molecule has 3 aliphatic rings. The van der Waals surface area contributed by atoms with Gasteiger partial charge in [-0.15, -0.1) is 13.2 Å². The third-order valence-electron chi connectivity index (χ3n) is 10.7. The first-order valence-corrected chi connectivity index (χ1v) is 17.4. The van der Waals surface area contributed by atoms with Crippen molar-refractivity contribution >= 4 is 29.1 Å². The number of amides is 3. The second kappa shape index (κ2) is 13.9. The van der Waals surface area contributed by atoms with Gasteiger partial charge < -0.3 is 29.3 Å². The standard InChI is InChI=1S/C41H47N3O6/c1-7-24-42(30-18-20-31(21-19-30)49-9-3)37(46)33-34-38(47)44(32(26-45)29-16-11-10-12-17-29)36(41(34)23-22-40(33,6)50-41)39(48)43(25-8-2)35-27(4)14-13-15-28(35)5/h7-8,10-21,32-34,36,45H,1-2,9,22-26H2,3-6H3/t32-,33+,34+,36?,40-,41?/m1/s1. The molecule has 262 valence electrons. The van der Waals surface area contributed by atoms with Crippen LogP contribution < -0.4 is 14.5 Å².